The van der Waals surface area contributed by atoms with Crippen molar-refractivity contribution in [1.29, 1.82) is 0 Å². The number of aliphatic carboxylic acids is 1. The van der Waals surface area contributed by atoms with Gasteiger partial charge in [0.05, 0.1) is 12.2 Å². The van der Waals surface area contributed by atoms with Gasteiger partial charge in [-0.1, -0.05) is 0 Å². The van der Waals surface area contributed by atoms with E-state index in [1.807, 2.05) is 13.8 Å². The highest BCUT2D eigenvalue weighted by molar-refractivity contribution is 5.78. The zero-order valence-corrected chi connectivity index (χ0v) is 13.2. The van der Waals surface area contributed by atoms with Crippen LogP contribution in [0.15, 0.2) is 0 Å². The molecular weight excluding hydrogens is 314 g/mol. The Bertz CT molecular complexity index is 470. The lowest BCUT2D eigenvalue weighted by molar-refractivity contribution is -0.217. The first-order valence-corrected chi connectivity index (χ1v) is 7.60. The molecule has 0 bridgehead atoms. The summed E-state index contributed by atoms with van der Waals surface area (Å²) in [5.41, 5.74) is -2.62. The van der Waals surface area contributed by atoms with Gasteiger partial charge in [0.25, 0.3) is 0 Å². The molecule has 7 nitrogen and oxygen atoms in total. The van der Waals surface area contributed by atoms with Crippen LogP contribution in [-0.2, 0) is 9.53 Å². The van der Waals surface area contributed by atoms with Crippen molar-refractivity contribution < 1.29 is 33.3 Å². The molecule has 2 rings (SSSR count). The van der Waals surface area contributed by atoms with Crippen molar-refractivity contribution in [2.75, 3.05) is 26.2 Å². The number of piperidine rings is 1. The minimum atomic E-state index is -4.23. The van der Waals surface area contributed by atoms with Crippen LogP contribution in [0, 0.1) is 0 Å². The average Bonchev–Trinajstić information content (AvgIpc) is 2.46. The molecule has 0 radical (unpaired) electrons. The van der Waals surface area contributed by atoms with Gasteiger partial charge in [0.15, 0.2) is 0 Å². The van der Waals surface area contributed by atoms with Gasteiger partial charge in [0.1, 0.15) is 5.60 Å². The standard InChI is InChI=1S/C14H22F2N2O5/c1-9-7-18(8-10(2)23-9)12(21)17-5-3-13(22,4-6-17)14(15,16)11(19)20/h9-10,22H,3-8H2,1-2H3,(H,19,20)/t9-,10+. The third kappa shape index (κ3) is 3.40. The molecule has 9 heteroatoms. The summed E-state index contributed by atoms with van der Waals surface area (Å²) in [6.07, 6.45) is -1.18. The molecule has 0 aliphatic carbocycles. The number of carbonyl (C=O) groups excluding carboxylic acids is 1. The number of hydrogen-bond donors (Lipinski definition) is 2. The van der Waals surface area contributed by atoms with Crippen LogP contribution in [0.4, 0.5) is 13.6 Å². The van der Waals surface area contributed by atoms with Crippen LogP contribution in [0.3, 0.4) is 0 Å². The van der Waals surface area contributed by atoms with Gasteiger partial charge in [-0.15, -0.1) is 0 Å². The first kappa shape index (κ1) is 17.9. The van der Waals surface area contributed by atoms with E-state index in [0.717, 1.165) is 0 Å². The molecule has 0 aromatic heterocycles. The van der Waals surface area contributed by atoms with Crippen molar-refractivity contribution in [2.24, 2.45) is 0 Å². The summed E-state index contributed by atoms with van der Waals surface area (Å²) in [5.74, 6) is -6.58. The number of carboxylic acids is 1. The molecule has 2 heterocycles. The first-order valence-electron chi connectivity index (χ1n) is 7.60. The monoisotopic (exact) mass is 336 g/mol. The third-order valence-corrected chi connectivity index (χ3v) is 4.40. The molecule has 0 unspecified atom stereocenters. The van der Waals surface area contributed by atoms with Crippen molar-refractivity contribution in [2.45, 2.75) is 50.4 Å². The van der Waals surface area contributed by atoms with E-state index >= 15 is 0 Å². The minimum absolute atomic E-state index is 0.110. The first-order chi connectivity index (χ1) is 10.6. The Hall–Kier alpha value is -1.48. The Morgan fingerprint density at radius 2 is 1.61 bits per heavy atom. The second-order valence-electron chi connectivity index (χ2n) is 6.34. The molecule has 2 fully saturated rings. The van der Waals surface area contributed by atoms with Gasteiger partial charge >= 0.3 is 17.9 Å². The lowest BCUT2D eigenvalue weighted by atomic mass is 9.85. The second kappa shape index (κ2) is 6.20. The smallest absolute Gasteiger partial charge is 0.377 e. The summed E-state index contributed by atoms with van der Waals surface area (Å²) in [6.45, 7) is 4.29. The average molecular weight is 336 g/mol. The molecule has 0 aromatic rings. The summed E-state index contributed by atoms with van der Waals surface area (Å²) in [5, 5.41) is 18.5. The fourth-order valence-electron chi connectivity index (χ4n) is 3.12. The Morgan fingerprint density at radius 1 is 1.13 bits per heavy atom. The molecule has 23 heavy (non-hydrogen) atoms. The predicted molar refractivity (Wildman–Crippen MR) is 75.3 cm³/mol. The molecule has 2 atom stereocenters. The van der Waals surface area contributed by atoms with E-state index in [0.29, 0.717) is 13.1 Å². The maximum absolute atomic E-state index is 13.6. The van der Waals surface area contributed by atoms with Crippen molar-refractivity contribution >= 4 is 12.0 Å². The van der Waals surface area contributed by atoms with Crippen LogP contribution < -0.4 is 0 Å². The number of alkyl halides is 2. The highest BCUT2D eigenvalue weighted by Crippen LogP contribution is 2.37. The molecule has 2 aliphatic heterocycles. The van der Waals surface area contributed by atoms with Gasteiger partial charge in [-0.3, -0.25) is 0 Å². The number of morpholine rings is 1. The van der Waals surface area contributed by atoms with E-state index in [-0.39, 0.29) is 31.3 Å². The van der Waals surface area contributed by atoms with Crippen LogP contribution in [0.1, 0.15) is 26.7 Å². The summed E-state index contributed by atoms with van der Waals surface area (Å²) in [7, 11) is 0. The van der Waals surface area contributed by atoms with Crippen LogP contribution in [0.5, 0.6) is 0 Å². The van der Waals surface area contributed by atoms with Crippen molar-refractivity contribution in [1.82, 2.24) is 9.80 Å². The van der Waals surface area contributed by atoms with Gasteiger partial charge in [-0.25, -0.2) is 9.59 Å². The number of rotatable bonds is 2. The largest absolute Gasteiger partial charge is 0.477 e. The van der Waals surface area contributed by atoms with Gasteiger partial charge < -0.3 is 24.7 Å². The molecular formula is C14H22F2N2O5. The zero-order valence-electron chi connectivity index (χ0n) is 13.2. The van der Waals surface area contributed by atoms with Gasteiger partial charge in [-0.05, 0) is 13.8 Å². The molecule has 2 amide bonds. The molecule has 0 spiro atoms. The van der Waals surface area contributed by atoms with Crippen molar-refractivity contribution in [3.63, 3.8) is 0 Å². The maximum Gasteiger partial charge on any atom is 0.377 e. The number of carboxylic acid groups (broad SMARTS) is 1. The fraction of sp³-hybridized carbons (Fsp3) is 0.857. The molecule has 2 N–H and O–H groups in total. The van der Waals surface area contributed by atoms with E-state index in [4.69, 9.17) is 9.84 Å². The van der Waals surface area contributed by atoms with Crippen molar-refractivity contribution in [3.8, 4) is 0 Å². The fourth-order valence-corrected chi connectivity index (χ4v) is 3.12. The number of halogens is 2. The van der Waals surface area contributed by atoms with E-state index < -0.39 is 30.3 Å². The molecule has 2 saturated heterocycles. The van der Waals surface area contributed by atoms with Crippen LogP contribution in [0.25, 0.3) is 0 Å². The molecule has 2 aliphatic rings. The second-order valence-corrected chi connectivity index (χ2v) is 6.34. The predicted octanol–water partition coefficient (Wildman–Crippen LogP) is 0.762. The van der Waals surface area contributed by atoms with Gasteiger partial charge in [0.2, 0.25) is 0 Å². The lowest BCUT2D eigenvalue weighted by Gasteiger charge is -2.43. The third-order valence-electron chi connectivity index (χ3n) is 4.40. The molecule has 0 aromatic carbocycles. The number of aliphatic hydroxyl groups is 1. The summed E-state index contributed by atoms with van der Waals surface area (Å²) < 4.78 is 32.8. The van der Waals surface area contributed by atoms with Gasteiger partial charge in [0, 0.05) is 39.0 Å². The number of nitrogens with zero attached hydrogens (tertiary/aromatic N) is 2. The van der Waals surface area contributed by atoms with Crippen LogP contribution in [-0.4, -0.2) is 81.9 Å². The molecule has 0 saturated carbocycles. The van der Waals surface area contributed by atoms with E-state index in [1.165, 1.54) is 4.90 Å². The number of ether oxygens (including phenoxy) is 1. The number of urea groups is 1. The molecule has 132 valence electrons. The maximum atomic E-state index is 13.6. The normalized spacial score (nSPS) is 28.6. The topological polar surface area (TPSA) is 90.3 Å². The quantitative estimate of drug-likeness (QED) is 0.777. The summed E-state index contributed by atoms with van der Waals surface area (Å²) in [6, 6.07) is -0.298. The SMILES string of the molecule is C[C@@H]1CN(C(=O)N2CCC(O)(C(F)(F)C(=O)O)CC2)C[C@H](C)O1. The highest BCUT2D eigenvalue weighted by atomic mass is 19.3. The Balaban J connectivity index is 1.99. The van der Waals surface area contributed by atoms with Crippen LogP contribution >= 0.6 is 0 Å². The van der Waals surface area contributed by atoms with Gasteiger partial charge in [-0.2, -0.15) is 8.78 Å². The van der Waals surface area contributed by atoms with Crippen LogP contribution in [0.2, 0.25) is 0 Å². The van der Waals surface area contributed by atoms with E-state index in [1.54, 1.807) is 4.90 Å². The number of likely N-dealkylation sites (tertiary alicyclic amines) is 1. The summed E-state index contributed by atoms with van der Waals surface area (Å²) >= 11 is 0. The Morgan fingerprint density at radius 3 is 2.04 bits per heavy atom. The minimum Gasteiger partial charge on any atom is -0.477 e. The number of hydrogen-bond acceptors (Lipinski definition) is 4. The number of carbonyl (C=O) groups is 2. The van der Waals surface area contributed by atoms with Crippen molar-refractivity contribution in [3.05, 3.63) is 0 Å². The number of amides is 2. The Labute approximate surface area is 132 Å². The summed E-state index contributed by atoms with van der Waals surface area (Å²) in [4.78, 5) is 26.1. The van der Waals surface area contributed by atoms with E-state index in [9.17, 15) is 23.5 Å². The van der Waals surface area contributed by atoms with E-state index in [2.05, 4.69) is 0 Å². The highest BCUT2D eigenvalue weighted by Gasteiger charge is 2.59. The zero-order chi connectivity index (χ0) is 17.4. The lowest BCUT2D eigenvalue weighted by Crippen LogP contribution is -2.61. The Kier molecular flexibility index (Phi) is 4.81.